The summed E-state index contributed by atoms with van der Waals surface area (Å²) in [5.74, 6) is -2.02. The maximum atomic E-state index is 12.4. The molecule has 0 radical (unpaired) electrons. The summed E-state index contributed by atoms with van der Waals surface area (Å²) in [4.78, 5) is 12.4. The summed E-state index contributed by atoms with van der Waals surface area (Å²) in [5, 5.41) is 7.79. The van der Waals surface area contributed by atoms with Gasteiger partial charge in [0.25, 0.3) is 3.79 Å². The maximum absolute atomic E-state index is 12.4. The lowest BCUT2D eigenvalue weighted by molar-refractivity contribution is -0.259. The highest BCUT2D eigenvalue weighted by Gasteiger charge is 2.57. The van der Waals surface area contributed by atoms with Gasteiger partial charge in [0.2, 0.25) is 12.2 Å². The van der Waals surface area contributed by atoms with E-state index < -0.39 is 57.6 Å². The zero-order valence-corrected chi connectivity index (χ0v) is 17.7. The molecule has 7 nitrogen and oxygen atoms in total. The van der Waals surface area contributed by atoms with Gasteiger partial charge >= 0.3 is 5.97 Å². The van der Waals surface area contributed by atoms with Crippen LogP contribution in [0.15, 0.2) is 0 Å². The lowest BCUT2D eigenvalue weighted by Crippen LogP contribution is -2.58. The number of carbonyl (C=O) groups is 1. The standard InChI is InChI=1S/C16H24Cl3NO6/c1-7-8-9(26-15(5,6)25-8)10(23-13(21)14(2,3)4)11(22-7)24-12(20)16(17,18)19/h7-11,20H,1-6H3/t7-,8+,9+,10-,11-/m1/s1. The molecule has 0 spiro atoms. The number of alkyl halides is 3. The predicted molar refractivity (Wildman–Crippen MR) is 96.6 cm³/mol. The number of hydrogen-bond donors (Lipinski definition) is 1. The van der Waals surface area contributed by atoms with Gasteiger partial charge in [-0.1, -0.05) is 34.8 Å². The highest BCUT2D eigenvalue weighted by atomic mass is 35.6. The number of hydrogen-bond acceptors (Lipinski definition) is 7. The molecule has 0 amide bonds. The predicted octanol–water partition coefficient (Wildman–Crippen LogP) is 3.57. The minimum Gasteiger partial charge on any atom is -0.452 e. The molecule has 2 aliphatic rings. The van der Waals surface area contributed by atoms with E-state index in [4.69, 9.17) is 63.9 Å². The first kappa shape index (κ1) is 22.0. The van der Waals surface area contributed by atoms with E-state index in [1.54, 1.807) is 41.5 Å². The van der Waals surface area contributed by atoms with E-state index in [-0.39, 0.29) is 0 Å². The molecule has 0 aliphatic carbocycles. The van der Waals surface area contributed by atoms with E-state index in [9.17, 15) is 4.79 Å². The van der Waals surface area contributed by atoms with Crippen molar-refractivity contribution in [2.45, 2.75) is 81.8 Å². The summed E-state index contributed by atoms with van der Waals surface area (Å²) < 4.78 is 26.5. The lowest BCUT2D eigenvalue weighted by Gasteiger charge is -2.41. The smallest absolute Gasteiger partial charge is 0.311 e. The molecule has 2 heterocycles. The number of nitrogens with one attached hydrogen (secondary N) is 1. The topological polar surface area (TPSA) is 87.1 Å². The van der Waals surface area contributed by atoms with Crippen molar-refractivity contribution >= 4 is 46.7 Å². The van der Waals surface area contributed by atoms with Gasteiger partial charge in [-0.05, 0) is 41.5 Å². The lowest BCUT2D eigenvalue weighted by atomic mass is 9.96. The highest BCUT2D eigenvalue weighted by molar-refractivity contribution is 6.76. The molecular formula is C16H24Cl3NO6. The summed E-state index contributed by atoms with van der Waals surface area (Å²) in [6.45, 7) is 10.4. The number of carbonyl (C=O) groups excluding carboxylic acids is 1. The van der Waals surface area contributed by atoms with Crippen molar-refractivity contribution in [3.8, 4) is 0 Å². The molecule has 0 unspecified atom stereocenters. The van der Waals surface area contributed by atoms with Crippen LogP contribution in [0.4, 0.5) is 0 Å². The second-order valence-corrected chi connectivity index (χ2v) is 10.1. The fraction of sp³-hybridized carbons (Fsp3) is 0.875. The summed E-state index contributed by atoms with van der Waals surface area (Å²) in [5.41, 5.74) is -0.763. The van der Waals surface area contributed by atoms with Crippen LogP contribution in [0.2, 0.25) is 0 Å². The zero-order chi connectivity index (χ0) is 20.1. The molecule has 0 bridgehead atoms. The first-order valence-corrected chi connectivity index (χ1v) is 9.30. The van der Waals surface area contributed by atoms with E-state index in [2.05, 4.69) is 0 Å². The second kappa shape index (κ2) is 7.26. The van der Waals surface area contributed by atoms with Gasteiger partial charge in [-0.2, -0.15) is 0 Å². The van der Waals surface area contributed by atoms with Crippen molar-refractivity contribution in [1.82, 2.24) is 0 Å². The number of ether oxygens (including phenoxy) is 5. The number of fused-ring (bicyclic) bond motifs is 1. The molecule has 2 saturated heterocycles. The molecule has 150 valence electrons. The van der Waals surface area contributed by atoms with E-state index in [0.29, 0.717) is 0 Å². The monoisotopic (exact) mass is 431 g/mol. The van der Waals surface area contributed by atoms with Crippen molar-refractivity contribution in [2.75, 3.05) is 0 Å². The van der Waals surface area contributed by atoms with Crippen molar-refractivity contribution in [3.63, 3.8) is 0 Å². The SMILES string of the molecule is C[C@H]1O[C@H](OC(=N)C(Cl)(Cl)Cl)[C@H](OC(=O)C(C)(C)C)[C@H]2OC(C)(C)O[C@H]21. The van der Waals surface area contributed by atoms with Crippen molar-refractivity contribution in [2.24, 2.45) is 5.41 Å². The minimum atomic E-state index is -2.08. The van der Waals surface area contributed by atoms with Crippen LogP contribution in [-0.2, 0) is 28.5 Å². The van der Waals surface area contributed by atoms with Crippen molar-refractivity contribution in [3.05, 3.63) is 0 Å². The van der Waals surface area contributed by atoms with Crippen LogP contribution in [0.1, 0.15) is 41.5 Å². The van der Waals surface area contributed by atoms with Gasteiger partial charge in [-0.3, -0.25) is 10.2 Å². The fourth-order valence-corrected chi connectivity index (χ4v) is 2.79. The molecule has 0 aromatic heterocycles. The number of rotatable bonds is 2. The highest BCUT2D eigenvalue weighted by Crippen LogP contribution is 2.40. The van der Waals surface area contributed by atoms with Crippen LogP contribution in [0.3, 0.4) is 0 Å². The van der Waals surface area contributed by atoms with Crippen LogP contribution in [0, 0.1) is 10.8 Å². The molecule has 10 heteroatoms. The third kappa shape index (κ3) is 4.94. The fourth-order valence-electron chi connectivity index (χ4n) is 2.66. The Morgan fingerprint density at radius 1 is 1.08 bits per heavy atom. The number of esters is 1. The van der Waals surface area contributed by atoms with Crippen LogP contribution in [0.5, 0.6) is 0 Å². The molecule has 26 heavy (non-hydrogen) atoms. The molecule has 0 aromatic carbocycles. The summed E-state index contributed by atoms with van der Waals surface area (Å²) >= 11 is 17.1. The molecule has 0 aromatic rings. The van der Waals surface area contributed by atoms with Crippen molar-refractivity contribution < 1.29 is 28.5 Å². The zero-order valence-electron chi connectivity index (χ0n) is 15.5. The van der Waals surface area contributed by atoms with E-state index >= 15 is 0 Å². The molecule has 2 aliphatic heterocycles. The Labute approximate surface area is 168 Å². The van der Waals surface area contributed by atoms with Gasteiger partial charge in [0.05, 0.1) is 11.5 Å². The Hall–Kier alpha value is -0.310. The van der Waals surface area contributed by atoms with Crippen LogP contribution in [-0.4, -0.2) is 52.2 Å². The van der Waals surface area contributed by atoms with Gasteiger partial charge < -0.3 is 23.7 Å². The first-order valence-electron chi connectivity index (χ1n) is 8.16. The summed E-state index contributed by atoms with van der Waals surface area (Å²) in [6, 6.07) is 0. The summed E-state index contributed by atoms with van der Waals surface area (Å²) in [7, 11) is 0. The summed E-state index contributed by atoms with van der Waals surface area (Å²) in [6.07, 6.45) is -3.78. The Morgan fingerprint density at radius 2 is 1.62 bits per heavy atom. The minimum absolute atomic E-state index is 0.459. The van der Waals surface area contributed by atoms with Gasteiger partial charge in [0, 0.05) is 0 Å². The molecule has 1 N–H and O–H groups in total. The van der Waals surface area contributed by atoms with E-state index in [1.807, 2.05) is 0 Å². The van der Waals surface area contributed by atoms with Gasteiger partial charge in [-0.15, -0.1) is 0 Å². The van der Waals surface area contributed by atoms with Gasteiger partial charge in [0.1, 0.15) is 12.2 Å². The maximum Gasteiger partial charge on any atom is 0.311 e. The number of halogens is 3. The average molecular weight is 433 g/mol. The molecule has 0 saturated carbocycles. The average Bonchev–Trinajstić information content (AvgIpc) is 2.76. The molecular weight excluding hydrogens is 409 g/mol. The van der Waals surface area contributed by atoms with Crippen LogP contribution in [0.25, 0.3) is 0 Å². The molecule has 5 atom stereocenters. The van der Waals surface area contributed by atoms with Crippen LogP contribution < -0.4 is 0 Å². The van der Waals surface area contributed by atoms with E-state index in [1.165, 1.54) is 0 Å². The van der Waals surface area contributed by atoms with Crippen LogP contribution >= 0.6 is 34.8 Å². The molecule has 2 rings (SSSR count). The van der Waals surface area contributed by atoms with E-state index in [0.717, 1.165) is 0 Å². The Morgan fingerprint density at radius 3 is 2.12 bits per heavy atom. The van der Waals surface area contributed by atoms with Gasteiger partial charge in [0.15, 0.2) is 11.9 Å². The third-order valence-corrected chi connectivity index (χ3v) is 4.43. The second-order valence-electron chi connectivity index (χ2n) is 7.84. The van der Waals surface area contributed by atoms with Crippen molar-refractivity contribution in [1.29, 1.82) is 5.41 Å². The molecule has 2 fully saturated rings. The largest absolute Gasteiger partial charge is 0.452 e. The first-order chi connectivity index (χ1) is 11.6. The van der Waals surface area contributed by atoms with Gasteiger partial charge in [-0.25, -0.2) is 0 Å². The quantitative estimate of drug-likeness (QED) is 0.311. The Balaban J connectivity index is 2.29. The Kier molecular flexibility index (Phi) is 6.14. The third-order valence-electron chi connectivity index (χ3n) is 3.91. The normalized spacial score (nSPS) is 34.1. The Bertz CT molecular complexity index is 571.